The summed E-state index contributed by atoms with van der Waals surface area (Å²) in [5.41, 5.74) is 3.48. The van der Waals surface area contributed by atoms with Crippen LogP contribution in [-0.4, -0.2) is 42.4 Å². The van der Waals surface area contributed by atoms with Crippen molar-refractivity contribution in [2.75, 3.05) is 4.90 Å². The first-order chi connectivity index (χ1) is 19.6. The van der Waals surface area contributed by atoms with Gasteiger partial charge in [0.25, 0.3) is 17.6 Å². The van der Waals surface area contributed by atoms with E-state index in [4.69, 9.17) is 10.2 Å². The summed E-state index contributed by atoms with van der Waals surface area (Å²) in [6.07, 6.45) is -5.89. The van der Waals surface area contributed by atoms with E-state index in [1.165, 1.54) is 38.1 Å². The Morgan fingerprint density at radius 2 is 1.83 bits per heavy atom. The average molecular weight is 591 g/mol. The number of carbonyl (C=O) groups is 1. The van der Waals surface area contributed by atoms with Gasteiger partial charge in [0.05, 0.1) is 35.6 Å². The van der Waals surface area contributed by atoms with Crippen molar-refractivity contribution in [3.63, 3.8) is 0 Å². The fourth-order valence-corrected chi connectivity index (χ4v) is 4.18. The number of amides is 1. The Balaban J connectivity index is 1.54. The lowest BCUT2D eigenvalue weighted by Gasteiger charge is -2.25. The van der Waals surface area contributed by atoms with Gasteiger partial charge in [-0.3, -0.25) is 4.79 Å². The summed E-state index contributed by atoms with van der Waals surface area (Å²) in [5, 5.41) is 26.5. The van der Waals surface area contributed by atoms with E-state index in [1.54, 1.807) is 0 Å². The summed E-state index contributed by atoms with van der Waals surface area (Å²) in [6.45, 7) is 2.65. The fraction of sp³-hybridized carbons (Fsp3) is 0.320. The number of carbonyl (C=O) groups excluding carboxylic acids is 1. The maximum atomic E-state index is 15.2. The van der Waals surface area contributed by atoms with Crippen LogP contribution in [-0.2, 0) is 28.9 Å². The quantitative estimate of drug-likeness (QED) is 0.339. The van der Waals surface area contributed by atoms with Crippen LogP contribution in [0.15, 0.2) is 40.8 Å². The number of nitriles is 1. The SMILES string of the molecule is CC(C)(C#N)c1nnc(-c2cc3c(cc2F)C(F)(F)C[C@@H](N)C(=O)N3Cc2ccc(-n3nnc(C(F)(F)F)n3)cc2)o1. The zero-order valence-electron chi connectivity index (χ0n) is 21.7. The molecule has 218 valence electrons. The molecule has 2 N–H and O–H groups in total. The number of nitrogens with zero attached hydrogens (tertiary/aromatic N) is 8. The van der Waals surface area contributed by atoms with Gasteiger partial charge in [-0.05, 0) is 48.9 Å². The minimum absolute atomic E-state index is 0.101. The van der Waals surface area contributed by atoms with E-state index in [0.29, 0.717) is 16.4 Å². The summed E-state index contributed by atoms with van der Waals surface area (Å²) in [5.74, 6) is -7.70. The maximum absolute atomic E-state index is 15.2. The van der Waals surface area contributed by atoms with Gasteiger partial charge in [0.15, 0.2) is 0 Å². The van der Waals surface area contributed by atoms with Crippen LogP contribution >= 0.6 is 0 Å². The molecular weight excluding hydrogens is 572 g/mol. The molecule has 5 rings (SSSR count). The molecule has 1 aliphatic rings. The number of aromatic nitrogens is 6. The Labute approximate surface area is 232 Å². The van der Waals surface area contributed by atoms with Gasteiger partial charge in [-0.25, -0.2) is 13.2 Å². The van der Waals surface area contributed by atoms with Crippen LogP contribution in [0.3, 0.4) is 0 Å². The second-order valence-electron chi connectivity index (χ2n) is 10.0. The number of hydrogen-bond donors (Lipinski definition) is 1. The van der Waals surface area contributed by atoms with E-state index in [0.717, 1.165) is 11.0 Å². The molecule has 0 fully saturated rings. The molecule has 0 spiro atoms. The predicted molar refractivity (Wildman–Crippen MR) is 130 cm³/mol. The van der Waals surface area contributed by atoms with Gasteiger partial charge >= 0.3 is 6.18 Å². The van der Waals surface area contributed by atoms with Crippen molar-refractivity contribution in [3.8, 4) is 23.2 Å². The van der Waals surface area contributed by atoms with Crippen LogP contribution in [0.2, 0.25) is 0 Å². The number of alkyl halides is 5. The van der Waals surface area contributed by atoms with Gasteiger partial charge in [0, 0.05) is 12.0 Å². The van der Waals surface area contributed by atoms with E-state index < -0.39 is 64.5 Å². The molecule has 4 aromatic rings. The zero-order chi connectivity index (χ0) is 30.6. The lowest BCUT2D eigenvalue weighted by Crippen LogP contribution is -2.43. The van der Waals surface area contributed by atoms with Crippen molar-refractivity contribution < 1.29 is 35.6 Å². The third-order valence-corrected chi connectivity index (χ3v) is 6.47. The Bertz CT molecular complexity index is 1710. The molecule has 0 radical (unpaired) electrons. The van der Waals surface area contributed by atoms with Gasteiger partial charge in [0.2, 0.25) is 11.8 Å². The van der Waals surface area contributed by atoms with E-state index in [9.17, 15) is 23.2 Å². The molecule has 2 aromatic heterocycles. The normalized spacial score (nSPS) is 17.1. The Hall–Kier alpha value is -4.85. The maximum Gasteiger partial charge on any atom is 0.455 e. The highest BCUT2D eigenvalue weighted by Gasteiger charge is 2.45. The van der Waals surface area contributed by atoms with Crippen molar-refractivity contribution in [2.24, 2.45) is 5.73 Å². The number of halogens is 6. The molecule has 0 aliphatic carbocycles. The monoisotopic (exact) mass is 591 g/mol. The largest absolute Gasteiger partial charge is 0.455 e. The summed E-state index contributed by atoms with van der Waals surface area (Å²) >= 11 is 0. The second-order valence-corrected chi connectivity index (χ2v) is 10.0. The molecule has 0 bridgehead atoms. The number of tetrazole rings is 1. The number of nitrogens with two attached hydrogens (primary N) is 1. The number of rotatable bonds is 5. The minimum atomic E-state index is -4.80. The van der Waals surface area contributed by atoms with Crippen LogP contribution in [0.25, 0.3) is 17.1 Å². The number of hydrogen-bond acceptors (Lipinski definition) is 9. The third kappa shape index (κ3) is 5.16. The van der Waals surface area contributed by atoms with Gasteiger partial charge < -0.3 is 15.1 Å². The van der Waals surface area contributed by atoms with E-state index >= 15 is 13.2 Å². The molecule has 0 saturated heterocycles. The molecule has 0 saturated carbocycles. The first-order valence-electron chi connectivity index (χ1n) is 12.1. The highest BCUT2D eigenvalue weighted by atomic mass is 19.4. The summed E-state index contributed by atoms with van der Waals surface area (Å²) in [6, 6.07) is 7.33. The van der Waals surface area contributed by atoms with Crippen LogP contribution in [0.5, 0.6) is 0 Å². The molecule has 3 heterocycles. The van der Waals surface area contributed by atoms with E-state index in [1.807, 2.05) is 6.07 Å². The van der Waals surface area contributed by atoms with Gasteiger partial charge in [-0.2, -0.15) is 18.4 Å². The topological polar surface area (TPSA) is 153 Å². The Kier molecular flexibility index (Phi) is 6.76. The second kappa shape index (κ2) is 9.91. The smallest absolute Gasteiger partial charge is 0.419 e. The lowest BCUT2D eigenvalue weighted by molar-refractivity contribution is -0.145. The van der Waals surface area contributed by atoms with E-state index in [-0.39, 0.29) is 23.8 Å². The Morgan fingerprint density at radius 3 is 2.45 bits per heavy atom. The van der Waals surface area contributed by atoms with Crippen LogP contribution in [0.4, 0.5) is 32.0 Å². The fourth-order valence-electron chi connectivity index (χ4n) is 4.18. The molecule has 42 heavy (non-hydrogen) atoms. The van der Waals surface area contributed by atoms with Crippen molar-refractivity contribution in [2.45, 2.75) is 50.4 Å². The van der Waals surface area contributed by atoms with Gasteiger partial charge in [-0.15, -0.1) is 25.2 Å². The molecule has 1 atom stereocenters. The third-order valence-electron chi connectivity index (χ3n) is 6.47. The number of benzene rings is 2. The predicted octanol–water partition coefficient (Wildman–Crippen LogP) is 4.03. The molecule has 17 heteroatoms. The van der Waals surface area contributed by atoms with Gasteiger partial charge in [0.1, 0.15) is 11.2 Å². The number of anilines is 1. The van der Waals surface area contributed by atoms with Crippen molar-refractivity contribution in [3.05, 3.63) is 65.1 Å². The van der Waals surface area contributed by atoms with Gasteiger partial charge in [-0.1, -0.05) is 12.1 Å². The van der Waals surface area contributed by atoms with Crippen molar-refractivity contribution >= 4 is 11.6 Å². The molecule has 11 nitrogen and oxygen atoms in total. The minimum Gasteiger partial charge on any atom is -0.419 e. The lowest BCUT2D eigenvalue weighted by atomic mass is 9.96. The zero-order valence-corrected chi connectivity index (χ0v) is 21.7. The molecule has 0 unspecified atom stereocenters. The highest BCUT2D eigenvalue weighted by Crippen LogP contribution is 2.45. The van der Waals surface area contributed by atoms with Crippen molar-refractivity contribution in [1.82, 2.24) is 30.4 Å². The average Bonchev–Trinajstić information content (AvgIpc) is 3.61. The van der Waals surface area contributed by atoms with Crippen LogP contribution in [0.1, 0.15) is 43.1 Å². The summed E-state index contributed by atoms with van der Waals surface area (Å²) < 4.78 is 89.6. The molecule has 2 aromatic carbocycles. The molecule has 1 amide bonds. The van der Waals surface area contributed by atoms with Crippen molar-refractivity contribution in [1.29, 1.82) is 5.26 Å². The number of fused-ring (bicyclic) bond motifs is 1. The molecule has 1 aliphatic heterocycles. The van der Waals surface area contributed by atoms with E-state index in [2.05, 4.69) is 25.6 Å². The Morgan fingerprint density at radius 1 is 1.14 bits per heavy atom. The summed E-state index contributed by atoms with van der Waals surface area (Å²) in [4.78, 5) is 14.8. The highest BCUT2D eigenvalue weighted by molar-refractivity contribution is 5.99. The standard InChI is InChI=1S/C25H19F6N9O2/c1-23(2,11-32)22-36-34-19(42-22)14-7-18-15(8-16(14)26)24(27,28)9-17(33)20(41)39(18)10-12-3-5-13(6-4-12)40-37-21(35-38-40)25(29,30)31/h3-8,17H,9-10,33H2,1-2H3/t17-/m1/s1. The molecular formula is C25H19F6N9O2. The first kappa shape index (κ1) is 28.7. The van der Waals surface area contributed by atoms with Crippen LogP contribution < -0.4 is 10.6 Å². The van der Waals surface area contributed by atoms with Crippen LogP contribution in [0, 0.1) is 17.1 Å². The first-order valence-corrected chi connectivity index (χ1v) is 12.1. The summed E-state index contributed by atoms with van der Waals surface area (Å²) in [7, 11) is 0.